The van der Waals surface area contributed by atoms with Crippen LogP contribution in [0.15, 0.2) is 16.6 Å². The lowest BCUT2D eigenvalue weighted by atomic mass is 10.0. The number of nitrogens with zero attached hydrogens (tertiary/aromatic N) is 1. The molecule has 1 heteroatoms. The van der Waals surface area contributed by atoms with Crippen LogP contribution in [0.5, 0.6) is 0 Å². The predicted molar refractivity (Wildman–Crippen MR) is 70.7 cm³/mol. The maximum atomic E-state index is 4.56. The molecule has 0 heterocycles. The highest BCUT2D eigenvalue weighted by atomic mass is 14.7. The van der Waals surface area contributed by atoms with Crippen LogP contribution in [-0.2, 0) is 0 Å². The zero-order valence-corrected chi connectivity index (χ0v) is 11.1. The third-order valence-corrected chi connectivity index (χ3v) is 2.57. The van der Waals surface area contributed by atoms with E-state index in [9.17, 15) is 0 Å². The molecule has 0 N–H and O–H groups in total. The lowest BCUT2D eigenvalue weighted by Crippen LogP contribution is -2.02. The van der Waals surface area contributed by atoms with Crippen LogP contribution in [0.2, 0.25) is 0 Å². The minimum atomic E-state index is 0.799. The van der Waals surface area contributed by atoms with Crippen molar-refractivity contribution in [3.63, 3.8) is 0 Å². The van der Waals surface area contributed by atoms with Crippen molar-refractivity contribution in [3.05, 3.63) is 11.6 Å². The first-order chi connectivity index (χ1) is 7.15. The topological polar surface area (TPSA) is 12.4 Å². The van der Waals surface area contributed by atoms with Crippen molar-refractivity contribution in [1.29, 1.82) is 0 Å². The second-order valence-electron chi connectivity index (χ2n) is 4.33. The third kappa shape index (κ3) is 6.48. The van der Waals surface area contributed by atoms with Crippen LogP contribution in [-0.4, -0.2) is 12.3 Å². The molecule has 0 rings (SSSR count). The molecule has 0 fully saturated rings. The molecule has 0 atom stereocenters. The van der Waals surface area contributed by atoms with Gasteiger partial charge in [0.1, 0.15) is 0 Å². The molecule has 0 saturated heterocycles. The fourth-order valence-electron chi connectivity index (χ4n) is 1.69. The van der Waals surface area contributed by atoms with Gasteiger partial charge in [0.25, 0.3) is 0 Å². The van der Waals surface area contributed by atoms with Gasteiger partial charge in [-0.2, -0.15) is 0 Å². The Hall–Kier alpha value is -0.590. The van der Waals surface area contributed by atoms with E-state index in [0.29, 0.717) is 0 Å². The minimum Gasteiger partial charge on any atom is -0.290 e. The molecule has 0 bridgehead atoms. The lowest BCUT2D eigenvalue weighted by molar-refractivity contribution is 0.593. The van der Waals surface area contributed by atoms with Gasteiger partial charge in [-0.15, -0.1) is 0 Å². The molecule has 0 aromatic carbocycles. The van der Waals surface area contributed by atoms with E-state index < -0.39 is 0 Å². The van der Waals surface area contributed by atoms with Gasteiger partial charge in [-0.05, 0) is 44.1 Å². The summed E-state index contributed by atoms with van der Waals surface area (Å²) in [6.07, 6.45) is 7.05. The van der Waals surface area contributed by atoms with E-state index in [0.717, 1.165) is 25.3 Å². The van der Waals surface area contributed by atoms with Crippen molar-refractivity contribution >= 4 is 5.71 Å². The summed E-state index contributed by atoms with van der Waals surface area (Å²) in [5.41, 5.74) is 2.77. The van der Waals surface area contributed by atoms with E-state index in [2.05, 4.69) is 45.7 Å². The quantitative estimate of drug-likeness (QED) is 0.542. The molecule has 0 saturated carbocycles. The van der Waals surface area contributed by atoms with Crippen molar-refractivity contribution in [1.82, 2.24) is 0 Å². The molecule has 0 aliphatic rings. The molecule has 15 heavy (non-hydrogen) atoms. The Morgan fingerprint density at radius 1 is 1.13 bits per heavy atom. The molecule has 0 aromatic heterocycles. The van der Waals surface area contributed by atoms with E-state index in [4.69, 9.17) is 0 Å². The maximum absolute atomic E-state index is 4.56. The number of aliphatic imine (C=N–C) groups is 1. The molecule has 0 amide bonds. The van der Waals surface area contributed by atoms with E-state index >= 15 is 0 Å². The first kappa shape index (κ1) is 14.4. The van der Waals surface area contributed by atoms with Gasteiger partial charge in [-0.1, -0.05) is 33.8 Å². The molecule has 0 spiro atoms. The highest BCUT2D eigenvalue weighted by Gasteiger charge is 2.02. The van der Waals surface area contributed by atoms with Crippen molar-refractivity contribution in [2.45, 2.75) is 60.3 Å². The monoisotopic (exact) mass is 209 g/mol. The van der Waals surface area contributed by atoms with E-state index in [1.165, 1.54) is 24.1 Å². The minimum absolute atomic E-state index is 0.799. The summed E-state index contributed by atoms with van der Waals surface area (Å²) in [7, 11) is 0. The lowest BCUT2D eigenvalue weighted by Gasteiger charge is -2.08. The van der Waals surface area contributed by atoms with Crippen LogP contribution in [0, 0.1) is 5.92 Å². The van der Waals surface area contributed by atoms with Crippen LogP contribution in [0.4, 0.5) is 0 Å². The summed E-state index contributed by atoms with van der Waals surface area (Å²) < 4.78 is 0. The average Bonchev–Trinajstić information content (AvgIpc) is 2.21. The maximum Gasteiger partial charge on any atom is 0.0374 e. The normalized spacial score (nSPS) is 13.7. The molecule has 0 aliphatic heterocycles. The summed E-state index contributed by atoms with van der Waals surface area (Å²) in [5, 5.41) is 0. The molecular formula is C14H27N. The van der Waals surface area contributed by atoms with Gasteiger partial charge in [0.2, 0.25) is 0 Å². The van der Waals surface area contributed by atoms with E-state index in [1.54, 1.807) is 0 Å². The van der Waals surface area contributed by atoms with Crippen LogP contribution >= 0.6 is 0 Å². The van der Waals surface area contributed by atoms with Crippen LogP contribution in [0.1, 0.15) is 60.3 Å². The molecule has 0 aromatic rings. The number of hydrogen-bond donors (Lipinski definition) is 0. The molecule has 0 unspecified atom stereocenters. The van der Waals surface area contributed by atoms with Gasteiger partial charge in [0, 0.05) is 12.3 Å². The highest BCUT2D eigenvalue weighted by Crippen LogP contribution is 2.12. The second-order valence-corrected chi connectivity index (χ2v) is 4.33. The SMILES string of the molecule is CCN=C(CC)/C(=C/CCC(C)C)CC. The number of hydrogen-bond acceptors (Lipinski definition) is 1. The Kier molecular flexibility index (Phi) is 8.35. The predicted octanol–water partition coefficient (Wildman–Crippen LogP) is 4.63. The van der Waals surface area contributed by atoms with Crippen LogP contribution in [0.25, 0.3) is 0 Å². The van der Waals surface area contributed by atoms with Crippen molar-refractivity contribution in [2.24, 2.45) is 10.9 Å². The Morgan fingerprint density at radius 2 is 1.80 bits per heavy atom. The van der Waals surface area contributed by atoms with Gasteiger partial charge in [0.15, 0.2) is 0 Å². The molecular weight excluding hydrogens is 182 g/mol. The molecule has 1 nitrogen and oxygen atoms in total. The average molecular weight is 209 g/mol. The summed E-state index contributed by atoms with van der Waals surface area (Å²) in [6.45, 7) is 12.0. The first-order valence-electron chi connectivity index (χ1n) is 6.38. The fraction of sp³-hybridized carbons (Fsp3) is 0.786. The van der Waals surface area contributed by atoms with Crippen LogP contribution < -0.4 is 0 Å². The largest absolute Gasteiger partial charge is 0.290 e. The summed E-state index contributed by atoms with van der Waals surface area (Å²) in [6, 6.07) is 0. The van der Waals surface area contributed by atoms with Crippen molar-refractivity contribution in [2.75, 3.05) is 6.54 Å². The number of rotatable bonds is 7. The van der Waals surface area contributed by atoms with E-state index in [1.807, 2.05) is 0 Å². The molecule has 88 valence electrons. The smallest absolute Gasteiger partial charge is 0.0374 e. The van der Waals surface area contributed by atoms with Gasteiger partial charge in [-0.25, -0.2) is 0 Å². The highest BCUT2D eigenvalue weighted by molar-refractivity contribution is 5.99. The summed E-state index contributed by atoms with van der Waals surface area (Å²) in [4.78, 5) is 4.56. The Labute approximate surface area is 95.7 Å². The van der Waals surface area contributed by atoms with Crippen molar-refractivity contribution < 1.29 is 0 Å². The van der Waals surface area contributed by atoms with Crippen molar-refractivity contribution in [3.8, 4) is 0 Å². The van der Waals surface area contributed by atoms with Crippen LogP contribution in [0.3, 0.4) is 0 Å². The molecule has 0 aliphatic carbocycles. The Morgan fingerprint density at radius 3 is 2.20 bits per heavy atom. The van der Waals surface area contributed by atoms with Gasteiger partial charge in [0.05, 0.1) is 0 Å². The molecule has 0 radical (unpaired) electrons. The Bertz CT molecular complexity index is 211. The zero-order valence-electron chi connectivity index (χ0n) is 11.1. The van der Waals surface area contributed by atoms with Gasteiger partial charge in [-0.3, -0.25) is 4.99 Å². The second kappa shape index (κ2) is 8.70. The van der Waals surface area contributed by atoms with Gasteiger partial charge < -0.3 is 0 Å². The third-order valence-electron chi connectivity index (χ3n) is 2.57. The summed E-state index contributed by atoms with van der Waals surface area (Å²) in [5.74, 6) is 0.799. The zero-order chi connectivity index (χ0) is 11.7. The number of allylic oxidation sites excluding steroid dienone is 2. The Balaban J connectivity index is 4.37. The standard InChI is InChI=1S/C14H27N/c1-6-13(11-9-10-12(4)5)14(7-2)15-8-3/h11-12H,6-10H2,1-5H3/b13-11+,15-14?. The van der Waals surface area contributed by atoms with Gasteiger partial charge >= 0.3 is 0 Å². The summed E-state index contributed by atoms with van der Waals surface area (Å²) >= 11 is 0. The fourth-order valence-corrected chi connectivity index (χ4v) is 1.69. The van der Waals surface area contributed by atoms with E-state index in [-0.39, 0.29) is 0 Å². The first-order valence-corrected chi connectivity index (χ1v) is 6.38.